The molecule has 1 aliphatic heterocycles. The molecule has 1 atom stereocenters. The number of benzene rings is 2. The molecule has 192 valence electrons. The summed E-state index contributed by atoms with van der Waals surface area (Å²) < 4.78 is 49.1. The fraction of sp³-hybridized carbons (Fsp3) is 0.375. The molecule has 3 aromatic rings. The molecule has 0 unspecified atom stereocenters. The third kappa shape index (κ3) is 5.00. The Morgan fingerprint density at radius 3 is 2.28 bits per heavy atom. The molecule has 0 bridgehead atoms. The first-order valence-corrected chi connectivity index (χ1v) is 12.8. The van der Waals surface area contributed by atoms with Crippen molar-refractivity contribution in [3.63, 3.8) is 0 Å². The highest BCUT2D eigenvalue weighted by molar-refractivity contribution is 7.89. The van der Waals surface area contributed by atoms with E-state index in [4.69, 9.17) is 18.6 Å². The van der Waals surface area contributed by atoms with Gasteiger partial charge >= 0.3 is 6.01 Å². The van der Waals surface area contributed by atoms with Gasteiger partial charge in [0.15, 0.2) is 11.5 Å². The normalized spacial score (nSPS) is 16.4. The number of methoxy groups -OCH3 is 3. The first kappa shape index (κ1) is 25.5. The summed E-state index contributed by atoms with van der Waals surface area (Å²) in [6.07, 6.45) is 2.69. The summed E-state index contributed by atoms with van der Waals surface area (Å²) in [5.41, 5.74) is 0.743. The van der Waals surface area contributed by atoms with E-state index in [1.807, 2.05) is 6.92 Å². The quantitative estimate of drug-likeness (QED) is 0.477. The van der Waals surface area contributed by atoms with Crippen molar-refractivity contribution in [2.24, 2.45) is 0 Å². The number of anilines is 1. The third-order valence-corrected chi connectivity index (χ3v) is 8.05. The molecule has 1 aliphatic rings. The zero-order valence-corrected chi connectivity index (χ0v) is 21.3. The van der Waals surface area contributed by atoms with Gasteiger partial charge in [-0.05, 0) is 56.2 Å². The predicted octanol–water partition coefficient (Wildman–Crippen LogP) is 3.58. The van der Waals surface area contributed by atoms with E-state index in [9.17, 15) is 13.2 Å². The van der Waals surface area contributed by atoms with E-state index in [-0.39, 0.29) is 28.4 Å². The van der Waals surface area contributed by atoms with Crippen LogP contribution in [-0.4, -0.2) is 62.7 Å². The van der Waals surface area contributed by atoms with Crippen LogP contribution < -0.4 is 19.5 Å². The van der Waals surface area contributed by atoms with Crippen molar-refractivity contribution in [3.05, 3.63) is 42.0 Å². The Hall–Kier alpha value is -3.64. The van der Waals surface area contributed by atoms with E-state index in [1.54, 1.807) is 12.1 Å². The highest BCUT2D eigenvalue weighted by Gasteiger charge is 2.31. The zero-order valence-electron chi connectivity index (χ0n) is 20.5. The minimum atomic E-state index is -3.63. The average Bonchev–Trinajstić information content (AvgIpc) is 3.36. The summed E-state index contributed by atoms with van der Waals surface area (Å²) in [6.45, 7) is 2.41. The minimum Gasteiger partial charge on any atom is -0.493 e. The van der Waals surface area contributed by atoms with Crippen LogP contribution in [0.1, 0.15) is 36.5 Å². The fourth-order valence-electron chi connectivity index (χ4n) is 4.11. The second-order valence-corrected chi connectivity index (χ2v) is 10.2. The predicted molar refractivity (Wildman–Crippen MR) is 131 cm³/mol. The number of hydrogen-bond donors (Lipinski definition) is 1. The maximum Gasteiger partial charge on any atom is 0.322 e. The number of carbonyl (C=O) groups excluding carboxylic acids is 1. The van der Waals surface area contributed by atoms with Gasteiger partial charge in [-0.25, -0.2) is 8.42 Å². The molecule has 0 aliphatic carbocycles. The number of rotatable bonds is 8. The van der Waals surface area contributed by atoms with E-state index in [0.717, 1.165) is 19.3 Å². The smallest absolute Gasteiger partial charge is 0.322 e. The van der Waals surface area contributed by atoms with Gasteiger partial charge in [-0.1, -0.05) is 11.5 Å². The Balaban J connectivity index is 1.49. The van der Waals surface area contributed by atoms with Crippen molar-refractivity contribution in [1.29, 1.82) is 0 Å². The Labute approximate surface area is 209 Å². The molecule has 4 rings (SSSR count). The summed E-state index contributed by atoms with van der Waals surface area (Å²) in [5.74, 6) is 0.832. The van der Waals surface area contributed by atoms with Crippen molar-refractivity contribution < 1.29 is 31.8 Å². The van der Waals surface area contributed by atoms with Crippen LogP contribution in [0.15, 0.2) is 45.7 Å². The van der Waals surface area contributed by atoms with Crippen LogP contribution >= 0.6 is 0 Å². The SMILES string of the molecule is COc1cc(-c2nnc(NC(=O)c3ccc(S(=O)(=O)N4CCCC[C@H]4C)cc3)o2)cc(OC)c1OC. The average molecular weight is 517 g/mol. The highest BCUT2D eigenvalue weighted by atomic mass is 32.2. The molecule has 0 radical (unpaired) electrons. The van der Waals surface area contributed by atoms with Crippen LogP contribution in [0, 0.1) is 0 Å². The van der Waals surface area contributed by atoms with Gasteiger partial charge in [-0.15, -0.1) is 5.10 Å². The maximum atomic E-state index is 13.0. The largest absolute Gasteiger partial charge is 0.493 e. The van der Waals surface area contributed by atoms with Crippen molar-refractivity contribution in [2.75, 3.05) is 33.2 Å². The lowest BCUT2D eigenvalue weighted by Gasteiger charge is -2.32. The highest BCUT2D eigenvalue weighted by Crippen LogP contribution is 2.41. The third-order valence-electron chi connectivity index (χ3n) is 6.02. The van der Waals surface area contributed by atoms with E-state index < -0.39 is 15.9 Å². The van der Waals surface area contributed by atoms with E-state index in [0.29, 0.717) is 29.4 Å². The van der Waals surface area contributed by atoms with Crippen molar-refractivity contribution >= 4 is 21.9 Å². The molecule has 2 heterocycles. The van der Waals surface area contributed by atoms with Crippen molar-refractivity contribution in [1.82, 2.24) is 14.5 Å². The topological polar surface area (TPSA) is 133 Å². The molecule has 1 fully saturated rings. The number of sulfonamides is 1. The summed E-state index contributed by atoms with van der Waals surface area (Å²) in [5, 5.41) is 10.4. The van der Waals surface area contributed by atoms with Gasteiger partial charge in [0.2, 0.25) is 21.7 Å². The Kier molecular flexibility index (Phi) is 7.45. The van der Waals surface area contributed by atoms with Crippen LogP contribution in [0.5, 0.6) is 17.2 Å². The molecule has 1 amide bonds. The summed E-state index contributed by atoms with van der Waals surface area (Å²) >= 11 is 0. The molecule has 36 heavy (non-hydrogen) atoms. The van der Waals surface area contributed by atoms with Crippen molar-refractivity contribution in [2.45, 2.75) is 37.1 Å². The standard InChI is InChI=1S/C24H28N4O7S/c1-15-7-5-6-12-28(15)36(30,31)18-10-8-16(9-11-18)22(29)25-24-27-26-23(35-24)17-13-19(32-2)21(34-4)20(14-17)33-3/h8-11,13-15H,5-7,12H2,1-4H3,(H,25,27,29)/t15-/m1/s1. The monoisotopic (exact) mass is 516 g/mol. The van der Waals surface area contributed by atoms with Gasteiger partial charge in [0.1, 0.15) is 0 Å². The lowest BCUT2D eigenvalue weighted by atomic mass is 10.1. The van der Waals surface area contributed by atoms with Crippen LogP contribution in [0.4, 0.5) is 6.01 Å². The zero-order chi connectivity index (χ0) is 25.9. The van der Waals surface area contributed by atoms with Gasteiger partial charge in [0, 0.05) is 23.7 Å². The van der Waals surface area contributed by atoms with Crippen molar-refractivity contribution in [3.8, 4) is 28.7 Å². The van der Waals surface area contributed by atoms with Crippen LogP contribution in [-0.2, 0) is 10.0 Å². The van der Waals surface area contributed by atoms with Crippen LogP contribution in [0.3, 0.4) is 0 Å². The van der Waals surface area contributed by atoms with Crippen LogP contribution in [0.2, 0.25) is 0 Å². The molecule has 1 aromatic heterocycles. The number of hydrogen-bond acceptors (Lipinski definition) is 9. The Morgan fingerprint density at radius 2 is 1.69 bits per heavy atom. The number of amides is 1. The molecule has 12 heteroatoms. The lowest BCUT2D eigenvalue weighted by molar-refractivity contribution is 0.102. The number of carbonyl (C=O) groups is 1. The van der Waals surface area contributed by atoms with Gasteiger partial charge in [0.05, 0.1) is 26.2 Å². The number of aromatic nitrogens is 2. The summed E-state index contributed by atoms with van der Waals surface area (Å²) in [7, 11) is 0.852. The number of piperidine rings is 1. The number of nitrogens with zero attached hydrogens (tertiary/aromatic N) is 3. The van der Waals surface area contributed by atoms with Gasteiger partial charge < -0.3 is 18.6 Å². The molecule has 0 saturated carbocycles. The maximum absolute atomic E-state index is 13.0. The number of ether oxygens (including phenoxy) is 3. The first-order valence-electron chi connectivity index (χ1n) is 11.4. The van der Waals surface area contributed by atoms with E-state index in [2.05, 4.69) is 15.5 Å². The van der Waals surface area contributed by atoms with Gasteiger partial charge in [0.25, 0.3) is 5.91 Å². The molecular weight excluding hydrogens is 488 g/mol. The summed E-state index contributed by atoms with van der Waals surface area (Å²) in [6, 6.07) is 8.87. The van der Waals surface area contributed by atoms with E-state index in [1.165, 1.54) is 49.9 Å². The molecule has 11 nitrogen and oxygen atoms in total. The minimum absolute atomic E-state index is 0.0518. The van der Waals surface area contributed by atoms with Gasteiger partial charge in [-0.3, -0.25) is 10.1 Å². The van der Waals surface area contributed by atoms with Gasteiger partial charge in [-0.2, -0.15) is 4.31 Å². The molecule has 1 saturated heterocycles. The van der Waals surface area contributed by atoms with E-state index >= 15 is 0 Å². The Morgan fingerprint density at radius 1 is 1.03 bits per heavy atom. The summed E-state index contributed by atoms with van der Waals surface area (Å²) in [4.78, 5) is 12.9. The Bertz CT molecular complexity index is 1310. The molecular formula is C24H28N4O7S. The lowest BCUT2D eigenvalue weighted by Crippen LogP contribution is -2.41. The molecule has 0 spiro atoms. The second kappa shape index (κ2) is 10.5. The second-order valence-electron chi connectivity index (χ2n) is 8.27. The number of nitrogens with one attached hydrogen (secondary N) is 1. The molecule has 1 N–H and O–H groups in total. The fourth-order valence-corrected chi connectivity index (χ4v) is 5.81. The first-order chi connectivity index (χ1) is 17.3. The molecule has 2 aromatic carbocycles. The van der Waals surface area contributed by atoms with Crippen LogP contribution in [0.25, 0.3) is 11.5 Å².